The van der Waals surface area contributed by atoms with Crippen molar-refractivity contribution in [1.29, 1.82) is 0 Å². The number of nitrogens with two attached hydrogens (primary N) is 2. The lowest BCUT2D eigenvalue weighted by Crippen LogP contribution is -2.50. The van der Waals surface area contributed by atoms with Crippen LogP contribution in [0.4, 0.5) is 4.79 Å². The highest BCUT2D eigenvalue weighted by Gasteiger charge is 2.28. The zero-order valence-corrected chi connectivity index (χ0v) is 26.0. The van der Waals surface area contributed by atoms with Gasteiger partial charge in [-0.2, -0.15) is 0 Å². The smallest absolute Gasteiger partial charge is 0.407 e. The van der Waals surface area contributed by atoms with E-state index in [9.17, 15) is 24.3 Å². The van der Waals surface area contributed by atoms with E-state index in [0.29, 0.717) is 25.8 Å². The lowest BCUT2D eigenvalue weighted by Gasteiger charge is -2.23. The maximum absolute atomic E-state index is 13.5. The Balaban J connectivity index is 1.60. The Morgan fingerprint density at radius 2 is 1.47 bits per heavy atom. The first kappa shape index (κ1) is 34.8. The standard InChI is InChI=1S/C35H44N4O6/c1-23-17-28(40)18-24(2)29(23)21-30(36)34(43)39-31(32(41)20-27(33(37)42)19-25-11-5-3-6-12-25)15-9-10-16-38-35(44)45-22-26-13-7-4-8-14-26/h3-8,11-14,17-18,27,30-31,40H,9-10,15-16,19-22,36H2,1-2H3,(H2,37,42)(H,38,44)(H,39,43)/t27-,30?,31+/m1/s1. The second kappa shape index (κ2) is 17.6. The summed E-state index contributed by atoms with van der Waals surface area (Å²) in [5.41, 5.74) is 16.2. The van der Waals surface area contributed by atoms with Gasteiger partial charge in [-0.15, -0.1) is 0 Å². The van der Waals surface area contributed by atoms with Crippen LogP contribution in [0.1, 0.15) is 53.5 Å². The van der Waals surface area contributed by atoms with E-state index < -0.39 is 35.9 Å². The van der Waals surface area contributed by atoms with Crippen LogP contribution in [0.2, 0.25) is 0 Å². The summed E-state index contributed by atoms with van der Waals surface area (Å²) >= 11 is 0. The van der Waals surface area contributed by atoms with Crippen molar-refractivity contribution < 1.29 is 29.0 Å². The van der Waals surface area contributed by atoms with Crippen molar-refractivity contribution in [3.05, 3.63) is 101 Å². The second-order valence-corrected chi connectivity index (χ2v) is 11.4. The topological polar surface area (TPSA) is 174 Å². The van der Waals surface area contributed by atoms with Crippen LogP contribution >= 0.6 is 0 Å². The van der Waals surface area contributed by atoms with Gasteiger partial charge >= 0.3 is 6.09 Å². The molecule has 0 saturated heterocycles. The van der Waals surface area contributed by atoms with E-state index in [2.05, 4.69) is 10.6 Å². The highest BCUT2D eigenvalue weighted by atomic mass is 16.5. The van der Waals surface area contributed by atoms with Crippen molar-refractivity contribution in [3.63, 3.8) is 0 Å². The van der Waals surface area contributed by atoms with Gasteiger partial charge in [-0.25, -0.2) is 4.79 Å². The number of aromatic hydroxyl groups is 1. The number of carbonyl (C=O) groups excluding carboxylic acids is 4. The number of amides is 3. The van der Waals surface area contributed by atoms with Crippen molar-refractivity contribution in [2.24, 2.45) is 17.4 Å². The number of aryl methyl sites for hydroxylation is 2. The maximum Gasteiger partial charge on any atom is 0.407 e. The molecule has 0 radical (unpaired) electrons. The number of phenolic OH excluding ortho intramolecular Hbond substituents is 1. The van der Waals surface area contributed by atoms with Gasteiger partial charge in [0.2, 0.25) is 11.8 Å². The Morgan fingerprint density at radius 1 is 0.867 bits per heavy atom. The molecule has 0 aliphatic carbocycles. The van der Waals surface area contributed by atoms with Crippen molar-refractivity contribution in [2.75, 3.05) is 6.54 Å². The zero-order valence-electron chi connectivity index (χ0n) is 26.0. The Morgan fingerprint density at radius 3 is 2.07 bits per heavy atom. The number of alkyl carbamates (subject to hydrolysis) is 1. The minimum Gasteiger partial charge on any atom is -0.508 e. The third-order valence-corrected chi connectivity index (χ3v) is 7.72. The van der Waals surface area contributed by atoms with Gasteiger partial charge in [-0.05, 0) is 85.9 Å². The summed E-state index contributed by atoms with van der Waals surface area (Å²) in [6, 6.07) is 20.0. The summed E-state index contributed by atoms with van der Waals surface area (Å²) in [5, 5.41) is 15.4. The molecule has 10 nitrogen and oxygen atoms in total. The molecule has 0 heterocycles. The van der Waals surface area contributed by atoms with Gasteiger partial charge in [0.1, 0.15) is 12.4 Å². The Labute approximate surface area is 264 Å². The number of benzene rings is 3. The summed E-state index contributed by atoms with van der Waals surface area (Å²) in [5.74, 6) is -2.01. The molecule has 3 aromatic carbocycles. The molecule has 45 heavy (non-hydrogen) atoms. The third kappa shape index (κ3) is 11.7. The van der Waals surface area contributed by atoms with Gasteiger partial charge < -0.3 is 31.9 Å². The van der Waals surface area contributed by atoms with Crippen molar-refractivity contribution >= 4 is 23.7 Å². The van der Waals surface area contributed by atoms with Crippen molar-refractivity contribution in [2.45, 2.75) is 71.1 Å². The average Bonchev–Trinajstić information content (AvgIpc) is 3.01. The SMILES string of the molecule is Cc1cc(O)cc(C)c1CC(N)C(=O)N[C@@H](CCCCNC(=O)OCc1ccccc1)C(=O)C[C@@H](Cc1ccccc1)C(N)=O. The van der Waals surface area contributed by atoms with E-state index in [0.717, 1.165) is 27.8 Å². The van der Waals surface area contributed by atoms with E-state index in [-0.39, 0.29) is 37.4 Å². The molecule has 0 saturated carbocycles. The molecule has 0 aliphatic rings. The van der Waals surface area contributed by atoms with E-state index in [4.69, 9.17) is 16.2 Å². The van der Waals surface area contributed by atoms with Crippen LogP contribution in [0.3, 0.4) is 0 Å². The van der Waals surface area contributed by atoms with E-state index in [1.807, 2.05) is 74.5 Å². The van der Waals surface area contributed by atoms with Crippen molar-refractivity contribution in [1.82, 2.24) is 10.6 Å². The predicted octanol–water partition coefficient (Wildman–Crippen LogP) is 3.76. The molecular weight excluding hydrogens is 572 g/mol. The molecule has 0 aliphatic heterocycles. The normalized spacial score (nSPS) is 12.9. The van der Waals surface area contributed by atoms with Crippen LogP contribution in [0, 0.1) is 19.8 Å². The van der Waals surface area contributed by atoms with Gasteiger partial charge in [0.15, 0.2) is 5.78 Å². The van der Waals surface area contributed by atoms with Gasteiger partial charge in [0.05, 0.1) is 12.1 Å². The molecule has 3 rings (SSSR count). The lowest BCUT2D eigenvalue weighted by atomic mass is 9.90. The minimum absolute atomic E-state index is 0.134. The first-order valence-corrected chi connectivity index (χ1v) is 15.2. The number of ether oxygens (including phenoxy) is 1. The monoisotopic (exact) mass is 616 g/mol. The molecule has 3 aromatic rings. The van der Waals surface area contributed by atoms with Crippen LogP contribution in [-0.2, 0) is 38.6 Å². The predicted molar refractivity (Wildman–Crippen MR) is 172 cm³/mol. The van der Waals surface area contributed by atoms with E-state index in [1.165, 1.54) is 0 Å². The molecule has 1 unspecified atom stereocenters. The maximum atomic E-state index is 13.5. The lowest BCUT2D eigenvalue weighted by molar-refractivity contribution is -0.131. The van der Waals surface area contributed by atoms with Crippen LogP contribution in [-0.4, -0.2) is 47.4 Å². The molecule has 0 fully saturated rings. The van der Waals surface area contributed by atoms with Gasteiger partial charge in [-0.3, -0.25) is 14.4 Å². The zero-order chi connectivity index (χ0) is 32.8. The number of phenols is 1. The highest BCUT2D eigenvalue weighted by molar-refractivity contribution is 5.93. The number of primary amides is 1. The number of hydrogen-bond donors (Lipinski definition) is 5. The van der Waals surface area contributed by atoms with Crippen LogP contribution < -0.4 is 22.1 Å². The fraction of sp³-hybridized carbons (Fsp3) is 0.371. The van der Waals surface area contributed by atoms with Crippen LogP contribution in [0.5, 0.6) is 5.75 Å². The molecule has 7 N–H and O–H groups in total. The highest BCUT2D eigenvalue weighted by Crippen LogP contribution is 2.22. The fourth-order valence-electron chi connectivity index (χ4n) is 5.19. The average molecular weight is 617 g/mol. The quantitative estimate of drug-likeness (QED) is 0.144. The number of ketones is 1. The molecule has 10 heteroatoms. The van der Waals surface area contributed by atoms with Gasteiger partial charge in [0.25, 0.3) is 0 Å². The van der Waals surface area contributed by atoms with Crippen LogP contribution in [0.15, 0.2) is 72.8 Å². The summed E-state index contributed by atoms with van der Waals surface area (Å²) in [4.78, 5) is 51.1. The summed E-state index contributed by atoms with van der Waals surface area (Å²) in [6.45, 7) is 4.14. The Bertz CT molecular complexity index is 1410. The van der Waals surface area contributed by atoms with Crippen LogP contribution in [0.25, 0.3) is 0 Å². The summed E-state index contributed by atoms with van der Waals surface area (Å²) in [6.07, 6.45) is 1.16. The second-order valence-electron chi connectivity index (χ2n) is 11.4. The molecule has 0 bridgehead atoms. The molecule has 240 valence electrons. The Hall–Kier alpha value is -4.70. The third-order valence-electron chi connectivity index (χ3n) is 7.72. The fourth-order valence-corrected chi connectivity index (χ4v) is 5.19. The van der Waals surface area contributed by atoms with E-state index in [1.54, 1.807) is 12.1 Å². The first-order valence-electron chi connectivity index (χ1n) is 15.2. The van der Waals surface area contributed by atoms with Gasteiger partial charge in [0, 0.05) is 18.9 Å². The number of rotatable bonds is 17. The molecule has 3 atom stereocenters. The molecular formula is C35H44N4O6. The number of unbranched alkanes of at least 4 members (excludes halogenated alkanes) is 1. The molecule has 0 spiro atoms. The molecule has 3 amide bonds. The summed E-state index contributed by atoms with van der Waals surface area (Å²) < 4.78 is 5.23. The molecule has 0 aromatic heterocycles. The Kier molecular flexibility index (Phi) is 13.6. The number of carbonyl (C=O) groups is 4. The van der Waals surface area contributed by atoms with E-state index >= 15 is 0 Å². The number of Topliss-reactive ketones (excluding diaryl/α,β-unsaturated/α-hetero) is 1. The van der Waals surface area contributed by atoms with Gasteiger partial charge in [-0.1, -0.05) is 60.7 Å². The minimum atomic E-state index is -0.945. The largest absolute Gasteiger partial charge is 0.508 e. The summed E-state index contributed by atoms with van der Waals surface area (Å²) in [7, 11) is 0. The number of hydrogen-bond acceptors (Lipinski definition) is 7. The number of nitrogens with one attached hydrogen (secondary N) is 2. The van der Waals surface area contributed by atoms with Crippen molar-refractivity contribution in [3.8, 4) is 5.75 Å². The first-order chi connectivity index (χ1) is 21.5.